The first-order valence-corrected chi connectivity index (χ1v) is 7.82. The standard InChI is InChI=1S/C17H23NO2/c1-17(2)12-10-13-15(8-5-9-18-13)19-16(12)11-6-3-4-7-14(11)20-17/h3-4,6-7,12-13,15-16,18H,5,8-10H2,1-2H3/t12-,13-,15-,16+/m1/s1. The van der Waals surface area contributed by atoms with Crippen molar-refractivity contribution in [2.75, 3.05) is 6.54 Å². The Morgan fingerprint density at radius 2 is 2.10 bits per heavy atom. The van der Waals surface area contributed by atoms with Crippen LogP contribution in [-0.4, -0.2) is 24.3 Å². The summed E-state index contributed by atoms with van der Waals surface area (Å²) in [5.41, 5.74) is 1.07. The lowest BCUT2D eigenvalue weighted by Gasteiger charge is -2.52. The molecule has 2 fully saturated rings. The van der Waals surface area contributed by atoms with Crippen LogP contribution < -0.4 is 10.1 Å². The first-order valence-electron chi connectivity index (χ1n) is 7.82. The van der Waals surface area contributed by atoms with Crippen molar-refractivity contribution >= 4 is 0 Å². The lowest BCUT2D eigenvalue weighted by Crippen LogP contribution is -2.57. The van der Waals surface area contributed by atoms with E-state index in [0.717, 1.165) is 18.7 Å². The summed E-state index contributed by atoms with van der Waals surface area (Å²) < 4.78 is 12.8. The summed E-state index contributed by atoms with van der Waals surface area (Å²) in [4.78, 5) is 0. The maximum Gasteiger partial charge on any atom is 0.125 e. The van der Waals surface area contributed by atoms with Gasteiger partial charge < -0.3 is 14.8 Å². The van der Waals surface area contributed by atoms with Crippen LogP contribution in [0.2, 0.25) is 0 Å². The van der Waals surface area contributed by atoms with Gasteiger partial charge in [0.05, 0.1) is 12.2 Å². The molecule has 1 aromatic carbocycles. The summed E-state index contributed by atoms with van der Waals surface area (Å²) in [5, 5.41) is 3.64. The second-order valence-electron chi connectivity index (χ2n) is 6.88. The third-order valence-corrected chi connectivity index (χ3v) is 5.21. The highest BCUT2D eigenvalue weighted by Crippen LogP contribution is 2.51. The van der Waals surface area contributed by atoms with Crippen LogP contribution in [0, 0.1) is 5.92 Å². The van der Waals surface area contributed by atoms with Gasteiger partial charge in [-0.15, -0.1) is 0 Å². The van der Waals surface area contributed by atoms with E-state index < -0.39 is 0 Å². The van der Waals surface area contributed by atoms with E-state index in [1.165, 1.54) is 18.4 Å². The summed E-state index contributed by atoms with van der Waals surface area (Å²) in [7, 11) is 0. The molecule has 3 nitrogen and oxygen atoms in total. The molecule has 20 heavy (non-hydrogen) atoms. The largest absolute Gasteiger partial charge is 0.487 e. The van der Waals surface area contributed by atoms with E-state index in [0.29, 0.717) is 18.1 Å². The van der Waals surface area contributed by atoms with E-state index in [9.17, 15) is 0 Å². The molecular weight excluding hydrogens is 250 g/mol. The van der Waals surface area contributed by atoms with Crippen LogP contribution in [0.15, 0.2) is 24.3 Å². The zero-order valence-corrected chi connectivity index (χ0v) is 12.3. The smallest absolute Gasteiger partial charge is 0.125 e. The van der Waals surface area contributed by atoms with Gasteiger partial charge in [-0.2, -0.15) is 0 Å². The Kier molecular flexibility index (Phi) is 2.83. The van der Waals surface area contributed by atoms with Gasteiger partial charge in [0.25, 0.3) is 0 Å². The van der Waals surface area contributed by atoms with Gasteiger partial charge >= 0.3 is 0 Å². The van der Waals surface area contributed by atoms with Crippen LogP contribution in [0.3, 0.4) is 0 Å². The summed E-state index contributed by atoms with van der Waals surface area (Å²) in [6, 6.07) is 8.87. The third-order valence-electron chi connectivity index (χ3n) is 5.21. The Bertz CT molecular complexity index is 513. The van der Waals surface area contributed by atoms with Crippen molar-refractivity contribution in [3.63, 3.8) is 0 Å². The van der Waals surface area contributed by atoms with Crippen LogP contribution in [0.4, 0.5) is 0 Å². The molecule has 0 amide bonds. The minimum atomic E-state index is -0.164. The summed E-state index contributed by atoms with van der Waals surface area (Å²) >= 11 is 0. The number of piperidine rings is 1. The van der Waals surface area contributed by atoms with E-state index in [1.807, 2.05) is 6.07 Å². The Morgan fingerprint density at radius 3 is 3.00 bits per heavy atom. The molecule has 0 saturated carbocycles. The monoisotopic (exact) mass is 273 g/mol. The minimum Gasteiger partial charge on any atom is -0.487 e. The van der Waals surface area contributed by atoms with Crippen LogP contribution >= 0.6 is 0 Å². The molecule has 4 rings (SSSR count). The van der Waals surface area contributed by atoms with Gasteiger partial charge in [0.2, 0.25) is 0 Å². The van der Waals surface area contributed by atoms with Crippen molar-refractivity contribution in [3.8, 4) is 5.75 Å². The minimum absolute atomic E-state index is 0.164. The van der Waals surface area contributed by atoms with E-state index in [1.54, 1.807) is 0 Å². The highest BCUT2D eigenvalue weighted by atomic mass is 16.5. The SMILES string of the molecule is CC1(C)Oc2ccccc2[C@@H]2O[C@@H]3CCCN[C@@H]3C[C@H]21. The quantitative estimate of drug-likeness (QED) is 0.788. The van der Waals surface area contributed by atoms with E-state index in [4.69, 9.17) is 9.47 Å². The second-order valence-corrected chi connectivity index (χ2v) is 6.88. The number of hydrogen-bond donors (Lipinski definition) is 1. The fourth-order valence-electron chi connectivity index (χ4n) is 4.11. The molecule has 0 unspecified atom stereocenters. The first kappa shape index (κ1) is 12.7. The van der Waals surface area contributed by atoms with Gasteiger partial charge in [0.15, 0.2) is 0 Å². The maximum atomic E-state index is 6.51. The Labute approximate surface area is 120 Å². The van der Waals surface area contributed by atoms with Gasteiger partial charge in [-0.25, -0.2) is 0 Å². The lowest BCUT2D eigenvalue weighted by molar-refractivity contribution is -0.167. The molecule has 3 aliphatic rings. The summed E-state index contributed by atoms with van der Waals surface area (Å²) in [6.07, 6.45) is 4.12. The molecule has 2 saturated heterocycles. The highest BCUT2D eigenvalue weighted by molar-refractivity contribution is 5.39. The molecule has 1 N–H and O–H groups in total. The Hall–Kier alpha value is -1.06. The van der Waals surface area contributed by atoms with E-state index in [-0.39, 0.29) is 11.7 Å². The van der Waals surface area contributed by atoms with Gasteiger partial charge in [-0.1, -0.05) is 18.2 Å². The van der Waals surface area contributed by atoms with Gasteiger partial charge in [0.1, 0.15) is 11.4 Å². The molecule has 1 aromatic rings. The van der Waals surface area contributed by atoms with Crippen LogP contribution in [0.5, 0.6) is 5.75 Å². The van der Waals surface area contributed by atoms with Crippen LogP contribution in [-0.2, 0) is 4.74 Å². The van der Waals surface area contributed by atoms with Gasteiger partial charge in [-0.05, 0) is 45.7 Å². The topological polar surface area (TPSA) is 30.5 Å². The van der Waals surface area contributed by atoms with Crippen molar-refractivity contribution in [2.45, 2.75) is 57.0 Å². The average Bonchev–Trinajstić information content (AvgIpc) is 2.45. The van der Waals surface area contributed by atoms with Crippen LogP contribution in [0.1, 0.15) is 44.8 Å². The van der Waals surface area contributed by atoms with E-state index in [2.05, 4.69) is 37.4 Å². The molecule has 0 radical (unpaired) electrons. The predicted octanol–water partition coefficient (Wildman–Crippen LogP) is 3.06. The number of rotatable bonds is 0. The maximum absolute atomic E-state index is 6.51. The molecule has 4 atom stereocenters. The third kappa shape index (κ3) is 1.87. The molecular formula is C17H23NO2. The molecule has 0 aromatic heterocycles. The summed E-state index contributed by atoms with van der Waals surface area (Å²) in [5.74, 6) is 1.42. The number of benzene rings is 1. The molecule has 3 aliphatic heterocycles. The van der Waals surface area contributed by atoms with E-state index >= 15 is 0 Å². The molecule has 0 bridgehead atoms. The first-order chi connectivity index (χ1) is 9.65. The van der Waals surface area contributed by atoms with Crippen molar-refractivity contribution in [1.82, 2.24) is 5.32 Å². The number of nitrogens with one attached hydrogen (secondary N) is 1. The average molecular weight is 273 g/mol. The van der Waals surface area contributed by atoms with Gasteiger partial charge in [-0.3, -0.25) is 0 Å². The van der Waals surface area contributed by atoms with Crippen molar-refractivity contribution in [1.29, 1.82) is 0 Å². The summed E-state index contributed by atoms with van der Waals surface area (Å²) in [6.45, 7) is 5.53. The highest BCUT2D eigenvalue weighted by Gasteiger charge is 2.50. The number of ether oxygens (including phenoxy) is 2. The van der Waals surface area contributed by atoms with Gasteiger partial charge in [0, 0.05) is 17.5 Å². The number of hydrogen-bond acceptors (Lipinski definition) is 3. The molecule has 108 valence electrons. The fourth-order valence-corrected chi connectivity index (χ4v) is 4.11. The zero-order chi connectivity index (χ0) is 13.7. The molecule has 3 heteroatoms. The molecule has 0 spiro atoms. The normalized spacial score (nSPS) is 38.1. The zero-order valence-electron chi connectivity index (χ0n) is 12.3. The predicted molar refractivity (Wildman–Crippen MR) is 77.9 cm³/mol. The number of para-hydroxylation sites is 1. The molecule has 3 heterocycles. The lowest BCUT2D eigenvalue weighted by atomic mass is 9.73. The Morgan fingerprint density at radius 1 is 1.25 bits per heavy atom. The van der Waals surface area contributed by atoms with Crippen molar-refractivity contribution in [3.05, 3.63) is 29.8 Å². The van der Waals surface area contributed by atoms with Crippen LogP contribution in [0.25, 0.3) is 0 Å². The van der Waals surface area contributed by atoms with Crippen molar-refractivity contribution in [2.24, 2.45) is 5.92 Å². The molecule has 0 aliphatic carbocycles. The Balaban J connectivity index is 1.72. The number of fused-ring (bicyclic) bond motifs is 4. The fraction of sp³-hybridized carbons (Fsp3) is 0.647. The second kappa shape index (κ2) is 4.47. The van der Waals surface area contributed by atoms with Crippen molar-refractivity contribution < 1.29 is 9.47 Å².